The first-order valence-corrected chi connectivity index (χ1v) is 6.22. The van der Waals surface area contributed by atoms with Gasteiger partial charge < -0.3 is 10.4 Å². The van der Waals surface area contributed by atoms with Crippen molar-refractivity contribution in [2.24, 2.45) is 0 Å². The van der Waals surface area contributed by atoms with E-state index in [2.05, 4.69) is 15.5 Å². The van der Waals surface area contributed by atoms with Crippen molar-refractivity contribution < 1.29 is 14.7 Å². The first kappa shape index (κ1) is 14.4. The zero-order valence-corrected chi connectivity index (χ0v) is 11.0. The monoisotopic (exact) mass is 287 g/mol. The molecule has 108 valence electrons. The molecule has 3 N–H and O–H groups in total. The molecule has 7 heteroatoms. The van der Waals surface area contributed by atoms with Crippen LogP contribution in [0.2, 0.25) is 0 Å². The summed E-state index contributed by atoms with van der Waals surface area (Å²) in [6.07, 6.45) is 0.498. The van der Waals surface area contributed by atoms with Crippen molar-refractivity contribution in [3.05, 3.63) is 58.0 Å². The average Bonchev–Trinajstić information content (AvgIpc) is 2.47. The fraction of sp³-hybridized carbons (Fsp3) is 0.143. The van der Waals surface area contributed by atoms with E-state index in [0.717, 1.165) is 5.56 Å². The maximum absolute atomic E-state index is 11.9. The van der Waals surface area contributed by atoms with Gasteiger partial charge in [0.25, 0.3) is 11.5 Å². The van der Waals surface area contributed by atoms with Gasteiger partial charge in [-0.25, -0.2) is 5.10 Å². The predicted molar refractivity (Wildman–Crippen MR) is 75.2 cm³/mol. The van der Waals surface area contributed by atoms with Crippen molar-refractivity contribution in [1.82, 2.24) is 10.2 Å². The number of aromatic amines is 1. The first-order chi connectivity index (χ1) is 10.0. The Labute approximate surface area is 119 Å². The van der Waals surface area contributed by atoms with E-state index in [1.54, 1.807) is 24.3 Å². The predicted octanol–water partition coefficient (Wildman–Crippen LogP) is 1.04. The molecule has 0 aliphatic heterocycles. The number of carbonyl (C=O) groups excluding carboxylic acids is 1. The number of amides is 1. The summed E-state index contributed by atoms with van der Waals surface area (Å²) in [5.41, 5.74) is 1.16. The molecule has 0 aliphatic rings. The quantitative estimate of drug-likeness (QED) is 0.760. The van der Waals surface area contributed by atoms with Crippen molar-refractivity contribution in [1.29, 1.82) is 0 Å². The van der Waals surface area contributed by atoms with E-state index < -0.39 is 11.9 Å². The molecule has 1 heterocycles. The molecular formula is C14H13N3O4. The third-order valence-corrected chi connectivity index (χ3v) is 2.75. The maximum atomic E-state index is 11.9. The Hall–Kier alpha value is -2.96. The van der Waals surface area contributed by atoms with Crippen molar-refractivity contribution >= 4 is 17.6 Å². The Kier molecular flexibility index (Phi) is 4.45. The summed E-state index contributed by atoms with van der Waals surface area (Å²) >= 11 is 0. The van der Waals surface area contributed by atoms with E-state index in [1.165, 1.54) is 12.1 Å². The van der Waals surface area contributed by atoms with Gasteiger partial charge in [0.15, 0.2) is 0 Å². The molecule has 7 nitrogen and oxygen atoms in total. The number of aliphatic carboxylic acids is 1. The summed E-state index contributed by atoms with van der Waals surface area (Å²) in [6, 6.07) is 9.41. The number of aryl methyl sites for hydroxylation is 1. The molecule has 0 fully saturated rings. The number of aromatic nitrogens is 2. The van der Waals surface area contributed by atoms with Crippen LogP contribution in [-0.2, 0) is 11.2 Å². The summed E-state index contributed by atoms with van der Waals surface area (Å²) in [7, 11) is 0. The fourth-order valence-corrected chi connectivity index (χ4v) is 1.67. The van der Waals surface area contributed by atoms with Crippen LogP contribution in [0.25, 0.3) is 0 Å². The molecule has 0 saturated carbocycles. The molecule has 1 aromatic carbocycles. The third kappa shape index (κ3) is 4.27. The van der Waals surface area contributed by atoms with Gasteiger partial charge in [-0.3, -0.25) is 14.4 Å². The number of hydrogen-bond acceptors (Lipinski definition) is 4. The van der Waals surface area contributed by atoms with Crippen LogP contribution in [-0.4, -0.2) is 27.2 Å². The Morgan fingerprint density at radius 1 is 1.14 bits per heavy atom. The van der Waals surface area contributed by atoms with Gasteiger partial charge in [0, 0.05) is 18.2 Å². The topological polar surface area (TPSA) is 112 Å². The lowest BCUT2D eigenvalue weighted by atomic mass is 10.1. The van der Waals surface area contributed by atoms with E-state index >= 15 is 0 Å². The standard InChI is InChI=1S/C14H13N3O4/c18-12-7-6-11(16-17-12)14(21)15-10-4-1-9(2-5-10)3-8-13(19)20/h1-2,4-7H,3,8H2,(H,15,21)(H,17,18)(H,19,20). The van der Waals surface area contributed by atoms with Gasteiger partial charge in [0.1, 0.15) is 5.69 Å². The molecule has 0 atom stereocenters. The number of anilines is 1. The number of hydrogen-bond donors (Lipinski definition) is 3. The number of nitrogens with zero attached hydrogens (tertiary/aromatic N) is 1. The van der Waals surface area contributed by atoms with Gasteiger partial charge in [0.05, 0.1) is 0 Å². The highest BCUT2D eigenvalue weighted by Gasteiger charge is 2.07. The number of carboxylic acid groups (broad SMARTS) is 1. The normalized spacial score (nSPS) is 10.1. The van der Waals surface area contributed by atoms with E-state index in [-0.39, 0.29) is 17.7 Å². The summed E-state index contributed by atoms with van der Waals surface area (Å²) in [4.78, 5) is 33.2. The average molecular weight is 287 g/mol. The lowest BCUT2D eigenvalue weighted by Crippen LogP contribution is -2.17. The number of benzene rings is 1. The molecule has 2 aromatic rings. The molecular weight excluding hydrogens is 274 g/mol. The molecule has 0 bridgehead atoms. The molecule has 2 rings (SSSR count). The first-order valence-electron chi connectivity index (χ1n) is 6.22. The zero-order chi connectivity index (χ0) is 15.2. The van der Waals surface area contributed by atoms with Gasteiger partial charge >= 0.3 is 5.97 Å². The van der Waals surface area contributed by atoms with E-state index in [4.69, 9.17) is 5.11 Å². The smallest absolute Gasteiger partial charge is 0.303 e. The minimum Gasteiger partial charge on any atom is -0.481 e. The van der Waals surface area contributed by atoms with Crippen LogP contribution >= 0.6 is 0 Å². The fourth-order valence-electron chi connectivity index (χ4n) is 1.67. The van der Waals surface area contributed by atoms with E-state index in [1.807, 2.05) is 0 Å². The number of carbonyl (C=O) groups is 2. The molecule has 0 unspecified atom stereocenters. The molecule has 0 radical (unpaired) electrons. The lowest BCUT2D eigenvalue weighted by Gasteiger charge is -2.05. The van der Waals surface area contributed by atoms with Crippen LogP contribution in [0.15, 0.2) is 41.2 Å². The van der Waals surface area contributed by atoms with Crippen molar-refractivity contribution in [3.63, 3.8) is 0 Å². The highest BCUT2D eigenvalue weighted by Crippen LogP contribution is 2.12. The lowest BCUT2D eigenvalue weighted by molar-refractivity contribution is -0.136. The summed E-state index contributed by atoms with van der Waals surface area (Å²) in [5.74, 6) is -1.29. The van der Waals surface area contributed by atoms with Gasteiger partial charge in [-0.2, -0.15) is 5.10 Å². The highest BCUT2D eigenvalue weighted by molar-refractivity contribution is 6.02. The summed E-state index contributed by atoms with van der Waals surface area (Å²) in [5, 5.41) is 17.0. The SMILES string of the molecule is O=C(O)CCc1ccc(NC(=O)c2ccc(=O)[nH]n2)cc1. The van der Waals surface area contributed by atoms with E-state index in [0.29, 0.717) is 12.1 Å². The van der Waals surface area contributed by atoms with Gasteiger partial charge in [-0.05, 0) is 30.2 Å². The molecule has 0 aliphatic carbocycles. The van der Waals surface area contributed by atoms with Crippen LogP contribution < -0.4 is 10.9 Å². The maximum Gasteiger partial charge on any atom is 0.303 e. The number of carboxylic acids is 1. The van der Waals surface area contributed by atoms with Crippen molar-refractivity contribution in [3.8, 4) is 0 Å². The highest BCUT2D eigenvalue weighted by atomic mass is 16.4. The van der Waals surface area contributed by atoms with Crippen molar-refractivity contribution in [2.75, 3.05) is 5.32 Å². The zero-order valence-electron chi connectivity index (χ0n) is 11.0. The largest absolute Gasteiger partial charge is 0.481 e. The minimum absolute atomic E-state index is 0.0625. The number of nitrogens with one attached hydrogen (secondary N) is 2. The number of H-pyrrole nitrogens is 1. The van der Waals surface area contributed by atoms with Crippen molar-refractivity contribution in [2.45, 2.75) is 12.8 Å². The number of rotatable bonds is 5. The second kappa shape index (κ2) is 6.47. The van der Waals surface area contributed by atoms with Gasteiger partial charge in [0.2, 0.25) is 0 Å². The second-order valence-corrected chi connectivity index (χ2v) is 4.35. The Bertz CT molecular complexity index is 686. The molecule has 0 spiro atoms. The molecule has 0 saturated heterocycles. The van der Waals surface area contributed by atoms with E-state index in [9.17, 15) is 14.4 Å². The summed E-state index contributed by atoms with van der Waals surface area (Å²) in [6.45, 7) is 0. The van der Waals surface area contributed by atoms with Crippen LogP contribution in [0.5, 0.6) is 0 Å². The van der Waals surface area contributed by atoms with Crippen LogP contribution in [0.1, 0.15) is 22.5 Å². The Morgan fingerprint density at radius 2 is 1.86 bits per heavy atom. The second-order valence-electron chi connectivity index (χ2n) is 4.35. The van der Waals surface area contributed by atoms with Crippen LogP contribution in [0.4, 0.5) is 5.69 Å². The van der Waals surface area contributed by atoms with Crippen LogP contribution in [0.3, 0.4) is 0 Å². The van der Waals surface area contributed by atoms with Crippen LogP contribution in [0, 0.1) is 0 Å². The molecule has 21 heavy (non-hydrogen) atoms. The summed E-state index contributed by atoms with van der Waals surface area (Å²) < 4.78 is 0. The minimum atomic E-state index is -0.850. The van der Waals surface area contributed by atoms with Gasteiger partial charge in [-0.15, -0.1) is 0 Å². The Balaban J connectivity index is 1.99. The van der Waals surface area contributed by atoms with Gasteiger partial charge in [-0.1, -0.05) is 12.1 Å². The molecule has 1 amide bonds. The third-order valence-electron chi connectivity index (χ3n) is 2.75. The Morgan fingerprint density at radius 3 is 2.43 bits per heavy atom. The molecule has 1 aromatic heterocycles.